The molecule has 1 rings (SSSR count). The van der Waals surface area contributed by atoms with Gasteiger partial charge in [-0.3, -0.25) is 0 Å². The molecule has 0 amide bonds. The number of nitrogens with zero attached hydrogens (tertiary/aromatic N) is 2. The molecule has 0 N–H and O–H groups in total. The fourth-order valence-corrected chi connectivity index (χ4v) is 1.25. The molecule has 1 heterocycles. The van der Waals surface area contributed by atoms with Crippen molar-refractivity contribution in [2.75, 3.05) is 13.1 Å². The Balaban J connectivity index is 2.23. The Morgan fingerprint density at radius 2 is 1.50 bits per heavy atom. The third kappa shape index (κ3) is 0.740. The van der Waals surface area contributed by atoms with Gasteiger partial charge in [0.25, 0.3) is 0 Å². The molecule has 0 aliphatic carbocycles. The van der Waals surface area contributed by atoms with Gasteiger partial charge in [-0.2, -0.15) is 0 Å². The van der Waals surface area contributed by atoms with E-state index in [1.54, 1.807) is 0 Å². The largest absolute Gasteiger partial charge is 0.222 e. The van der Waals surface area contributed by atoms with Crippen molar-refractivity contribution < 1.29 is 0 Å². The van der Waals surface area contributed by atoms with Crippen LogP contribution in [0.1, 0.15) is 20.8 Å². The lowest BCUT2D eigenvalue weighted by atomic mass is 10.6. The highest BCUT2D eigenvalue weighted by Crippen LogP contribution is 2.23. The van der Waals surface area contributed by atoms with Gasteiger partial charge in [-0.05, 0) is 6.92 Å². The Bertz CT molecular complexity index is 72.6. The van der Waals surface area contributed by atoms with Crippen molar-refractivity contribution in [3.8, 4) is 0 Å². The maximum Gasteiger partial charge on any atom is 0.0866 e. The Morgan fingerprint density at radius 3 is 1.62 bits per heavy atom. The van der Waals surface area contributed by atoms with Gasteiger partial charge < -0.3 is 0 Å². The van der Waals surface area contributed by atoms with Crippen molar-refractivity contribution in [2.24, 2.45) is 0 Å². The van der Waals surface area contributed by atoms with Crippen LogP contribution in [0.15, 0.2) is 0 Å². The van der Waals surface area contributed by atoms with Gasteiger partial charge in [0.2, 0.25) is 0 Å². The molecule has 1 aliphatic rings. The van der Waals surface area contributed by atoms with E-state index in [0.717, 1.165) is 13.1 Å². The molecule has 1 fully saturated rings. The van der Waals surface area contributed by atoms with E-state index in [9.17, 15) is 0 Å². The molecule has 0 bridgehead atoms. The highest BCUT2D eigenvalue weighted by atomic mass is 15.8. The number of rotatable bonds is 2. The molecule has 0 aromatic carbocycles. The molecule has 2 heteroatoms. The van der Waals surface area contributed by atoms with Crippen LogP contribution in [0.4, 0.5) is 0 Å². The van der Waals surface area contributed by atoms with Crippen LogP contribution in [-0.4, -0.2) is 29.3 Å². The van der Waals surface area contributed by atoms with Crippen molar-refractivity contribution >= 4 is 0 Å². The zero-order valence-electron chi connectivity index (χ0n) is 5.89. The predicted molar refractivity (Wildman–Crippen MR) is 34.2 cm³/mol. The molecular weight excluding hydrogens is 100 g/mol. The third-order valence-corrected chi connectivity index (χ3v) is 1.79. The van der Waals surface area contributed by atoms with Gasteiger partial charge in [0.1, 0.15) is 0 Å². The van der Waals surface area contributed by atoms with Gasteiger partial charge in [-0.25, -0.2) is 10.0 Å². The summed E-state index contributed by atoms with van der Waals surface area (Å²) < 4.78 is 0. The second-order valence-corrected chi connectivity index (χ2v) is 2.14. The Morgan fingerprint density at radius 1 is 1.12 bits per heavy atom. The average Bonchev–Trinajstić information content (AvgIpc) is 2.40. The fourth-order valence-electron chi connectivity index (χ4n) is 1.25. The van der Waals surface area contributed by atoms with Crippen LogP contribution in [0.2, 0.25) is 0 Å². The SMILES string of the molecule is CCN1C(C)N1CC. The summed E-state index contributed by atoms with van der Waals surface area (Å²) in [5.41, 5.74) is 0. The van der Waals surface area contributed by atoms with Crippen molar-refractivity contribution in [3.05, 3.63) is 0 Å². The third-order valence-electron chi connectivity index (χ3n) is 1.79. The minimum atomic E-state index is 0.713. The quantitative estimate of drug-likeness (QED) is 0.492. The summed E-state index contributed by atoms with van der Waals surface area (Å²) in [6.45, 7) is 8.93. The van der Waals surface area contributed by atoms with E-state index in [4.69, 9.17) is 0 Å². The number of hydrogen-bond donors (Lipinski definition) is 0. The molecule has 2 unspecified atom stereocenters. The topological polar surface area (TPSA) is 6.02 Å². The van der Waals surface area contributed by atoms with Crippen molar-refractivity contribution in [2.45, 2.75) is 26.9 Å². The first-order valence-electron chi connectivity index (χ1n) is 3.34. The first-order chi connectivity index (χ1) is 3.81. The molecule has 0 aromatic heterocycles. The standard InChI is InChI=1S/C6H14N2/c1-4-7-6(3)8(7)5-2/h6H,4-5H2,1-3H3. The molecule has 0 radical (unpaired) electrons. The van der Waals surface area contributed by atoms with Gasteiger partial charge in [-0.15, -0.1) is 0 Å². The second-order valence-electron chi connectivity index (χ2n) is 2.14. The van der Waals surface area contributed by atoms with E-state index in [1.165, 1.54) is 0 Å². The summed E-state index contributed by atoms with van der Waals surface area (Å²) in [6, 6.07) is 0. The van der Waals surface area contributed by atoms with Crippen LogP contribution in [-0.2, 0) is 0 Å². The van der Waals surface area contributed by atoms with Gasteiger partial charge in [0, 0.05) is 13.1 Å². The lowest BCUT2D eigenvalue weighted by Crippen LogP contribution is -2.04. The molecule has 48 valence electrons. The van der Waals surface area contributed by atoms with E-state index in [1.807, 2.05) is 0 Å². The lowest BCUT2D eigenvalue weighted by Gasteiger charge is -1.93. The summed E-state index contributed by atoms with van der Waals surface area (Å²) >= 11 is 0. The first kappa shape index (κ1) is 6.05. The van der Waals surface area contributed by atoms with E-state index in [0.29, 0.717) is 6.17 Å². The zero-order valence-corrected chi connectivity index (χ0v) is 5.89. The Kier molecular flexibility index (Phi) is 1.54. The predicted octanol–water partition coefficient (Wildman–Crippen LogP) is 0.905. The molecular formula is C6H14N2. The zero-order chi connectivity index (χ0) is 6.15. The van der Waals surface area contributed by atoms with Crippen LogP contribution in [0.25, 0.3) is 0 Å². The molecule has 2 atom stereocenters. The van der Waals surface area contributed by atoms with Crippen LogP contribution >= 0.6 is 0 Å². The molecule has 0 spiro atoms. The maximum absolute atomic E-state index is 2.35. The number of hydrazine groups is 1. The van der Waals surface area contributed by atoms with E-state index in [2.05, 4.69) is 30.8 Å². The fraction of sp³-hybridized carbons (Fsp3) is 1.00. The van der Waals surface area contributed by atoms with Crippen molar-refractivity contribution in [3.63, 3.8) is 0 Å². The second kappa shape index (κ2) is 2.03. The van der Waals surface area contributed by atoms with Crippen molar-refractivity contribution in [1.82, 2.24) is 10.0 Å². The minimum Gasteiger partial charge on any atom is -0.222 e. The van der Waals surface area contributed by atoms with Gasteiger partial charge in [-0.1, -0.05) is 13.8 Å². The molecule has 2 nitrogen and oxygen atoms in total. The van der Waals surface area contributed by atoms with Crippen LogP contribution in [0, 0.1) is 0 Å². The monoisotopic (exact) mass is 114 g/mol. The van der Waals surface area contributed by atoms with Crippen molar-refractivity contribution in [1.29, 1.82) is 0 Å². The molecule has 0 aromatic rings. The maximum atomic E-state index is 2.35. The van der Waals surface area contributed by atoms with Crippen LogP contribution < -0.4 is 0 Å². The minimum absolute atomic E-state index is 0.713. The molecule has 8 heavy (non-hydrogen) atoms. The summed E-state index contributed by atoms with van der Waals surface area (Å²) in [7, 11) is 0. The van der Waals surface area contributed by atoms with Crippen LogP contribution in [0.3, 0.4) is 0 Å². The van der Waals surface area contributed by atoms with Gasteiger partial charge >= 0.3 is 0 Å². The summed E-state index contributed by atoms with van der Waals surface area (Å²) in [4.78, 5) is 0. The molecule has 1 aliphatic heterocycles. The molecule has 0 saturated carbocycles. The number of hydrogen-bond acceptors (Lipinski definition) is 2. The van der Waals surface area contributed by atoms with Gasteiger partial charge in [0.15, 0.2) is 0 Å². The smallest absolute Gasteiger partial charge is 0.0866 e. The summed E-state index contributed by atoms with van der Waals surface area (Å²) in [6.07, 6.45) is 0.713. The highest BCUT2D eigenvalue weighted by Gasteiger charge is 2.37. The normalized spacial score (nSPS) is 44.6. The molecule has 1 saturated heterocycles. The van der Waals surface area contributed by atoms with E-state index >= 15 is 0 Å². The Labute approximate surface area is 51.0 Å². The van der Waals surface area contributed by atoms with Crippen LogP contribution in [0.5, 0.6) is 0 Å². The lowest BCUT2D eigenvalue weighted by molar-refractivity contribution is 0.330. The Hall–Kier alpha value is -0.0800. The van der Waals surface area contributed by atoms with Gasteiger partial charge in [0.05, 0.1) is 6.17 Å². The van der Waals surface area contributed by atoms with E-state index in [-0.39, 0.29) is 0 Å². The van der Waals surface area contributed by atoms with E-state index < -0.39 is 0 Å². The first-order valence-corrected chi connectivity index (χ1v) is 3.34. The summed E-state index contributed by atoms with van der Waals surface area (Å²) in [5.74, 6) is 0. The highest BCUT2D eigenvalue weighted by molar-refractivity contribution is 4.75. The average molecular weight is 114 g/mol. The summed E-state index contributed by atoms with van der Waals surface area (Å²) in [5, 5.41) is 4.69.